The van der Waals surface area contributed by atoms with E-state index in [1.807, 2.05) is 45.2 Å². The molecule has 1 rings (SSSR count). The molecule has 1 atom stereocenters. The molecule has 0 saturated carbocycles. The average molecular weight is 311 g/mol. The van der Waals surface area contributed by atoms with Gasteiger partial charge in [-0.05, 0) is 31.2 Å². The largest absolute Gasteiger partial charge is 0.346 e. The first-order valence-corrected chi connectivity index (χ1v) is 8.06. The van der Waals surface area contributed by atoms with E-state index < -0.39 is 6.04 Å². The Morgan fingerprint density at radius 2 is 2.00 bits per heavy atom. The molecule has 0 aliphatic carbocycles. The summed E-state index contributed by atoms with van der Waals surface area (Å²) in [5, 5.41) is 4.61. The number of carbonyl (C=O) groups excluding carboxylic acids is 2. The Bertz CT molecular complexity index is 457. The lowest BCUT2D eigenvalue weighted by Gasteiger charge is -2.27. The third-order valence-corrected chi connectivity index (χ3v) is 4.15. The van der Waals surface area contributed by atoms with Gasteiger partial charge in [0.25, 0.3) is 0 Å². The molecule has 5 nitrogen and oxygen atoms in total. The molecule has 0 bridgehead atoms. The number of amides is 2. The molecule has 3 N–H and O–H groups in total. The van der Waals surface area contributed by atoms with Crippen molar-refractivity contribution in [1.29, 1.82) is 0 Å². The standard InChI is InChI=1S/C15H25N3O2S/c1-10(2)14(16)15(20)17-8-13(19)18(11(3)4)9-12-6-5-7-21-12/h5-7,10-11,14H,8-9,16H2,1-4H3,(H,17,20)/t14-/m0/s1. The maximum Gasteiger partial charge on any atom is 0.242 e. The predicted octanol–water partition coefficient (Wildman–Crippen LogP) is 1.58. The summed E-state index contributed by atoms with van der Waals surface area (Å²) in [6, 6.07) is 3.46. The molecule has 21 heavy (non-hydrogen) atoms. The molecule has 0 aliphatic rings. The highest BCUT2D eigenvalue weighted by atomic mass is 32.1. The maximum absolute atomic E-state index is 12.3. The molecule has 0 unspecified atom stereocenters. The van der Waals surface area contributed by atoms with Crippen LogP contribution in [0.4, 0.5) is 0 Å². The number of nitrogens with one attached hydrogen (secondary N) is 1. The van der Waals surface area contributed by atoms with Gasteiger partial charge in [0.1, 0.15) is 0 Å². The van der Waals surface area contributed by atoms with Gasteiger partial charge in [-0.25, -0.2) is 0 Å². The number of nitrogens with zero attached hydrogens (tertiary/aromatic N) is 1. The summed E-state index contributed by atoms with van der Waals surface area (Å²) >= 11 is 1.62. The monoisotopic (exact) mass is 311 g/mol. The zero-order valence-electron chi connectivity index (χ0n) is 13.1. The minimum Gasteiger partial charge on any atom is -0.346 e. The first-order chi connectivity index (χ1) is 9.82. The summed E-state index contributed by atoms with van der Waals surface area (Å²) in [5.74, 6) is -0.326. The molecular formula is C15H25N3O2S. The molecule has 2 amide bonds. The molecule has 118 valence electrons. The lowest BCUT2D eigenvalue weighted by atomic mass is 10.1. The number of carbonyl (C=O) groups is 2. The fraction of sp³-hybridized carbons (Fsp3) is 0.600. The first-order valence-electron chi connectivity index (χ1n) is 7.18. The first kappa shape index (κ1) is 17.7. The fourth-order valence-corrected chi connectivity index (χ4v) is 2.52. The van der Waals surface area contributed by atoms with Crippen molar-refractivity contribution in [3.63, 3.8) is 0 Å². The molecule has 1 heterocycles. The molecule has 0 saturated heterocycles. The van der Waals surface area contributed by atoms with Crippen molar-refractivity contribution < 1.29 is 9.59 Å². The summed E-state index contributed by atoms with van der Waals surface area (Å²) in [5.41, 5.74) is 5.76. The Labute approximate surface area is 130 Å². The van der Waals surface area contributed by atoms with E-state index in [9.17, 15) is 9.59 Å². The van der Waals surface area contributed by atoms with E-state index in [0.29, 0.717) is 6.54 Å². The van der Waals surface area contributed by atoms with Crippen LogP contribution in [0.5, 0.6) is 0 Å². The summed E-state index contributed by atoms with van der Waals surface area (Å²) in [4.78, 5) is 27.0. The van der Waals surface area contributed by atoms with Crippen molar-refractivity contribution in [3.05, 3.63) is 22.4 Å². The van der Waals surface area contributed by atoms with Gasteiger partial charge in [-0.15, -0.1) is 11.3 Å². The normalized spacial score (nSPS) is 12.5. The molecule has 0 aromatic carbocycles. The van der Waals surface area contributed by atoms with E-state index in [0.717, 1.165) is 4.88 Å². The number of nitrogens with two attached hydrogens (primary N) is 1. The van der Waals surface area contributed by atoms with E-state index >= 15 is 0 Å². The van der Waals surface area contributed by atoms with Crippen LogP contribution in [0.15, 0.2) is 17.5 Å². The van der Waals surface area contributed by atoms with Gasteiger partial charge in [-0.1, -0.05) is 19.9 Å². The highest BCUT2D eigenvalue weighted by molar-refractivity contribution is 7.09. The van der Waals surface area contributed by atoms with Crippen LogP contribution in [0.1, 0.15) is 32.6 Å². The smallest absolute Gasteiger partial charge is 0.242 e. The third kappa shape index (κ3) is 5.47. The zero-order valence-corrected chi connectivity index (χ0v) is 13.9. The van der Waals surface area contributed by atoms with E-state index in [4.69, 9.17) is 5.73 Å². The molecule has 1 aromatic heterocycles. The van der Waals surface area contributed by atoms with Crippen molar-refractivity contribution >= 4 is 23.2 Å². The minimum absolute atomic E-state index is 0.0111. The Hall–Kier alpha value is -1.40. The fourth-order valence-electron chi connectivity index (χ4n) is 1.81. The SMILES string of the molecule is CC(C)[C@H](N)C(=O)NCC(=O)N(Cc1cccs1)C(C)C. The molecule has 0 fully saturated rings. The summed E-state index contributed by atoms with van der Waals surface area (Å²) in [7, 11) is 0. The van der Waals surface area contributed by atoms with Crippen LogP contribution in [-0.2, 0) is 16.1 Å². The molecule has 6 heteroatoms. The predicted molar refractivity (Wildman–Crippen MR) is 85.8 cm³/mol. The van der Waals surface area contributed by atoms with Crippen LogP contribution in [0, 0.1) is 5.92 Å². The van der Waals surface area contributed by atoms with Crippen LogP contribution in [0.3, 0.4) is 0 Å². The van der Waals surface area contributed by atoms with Crippen LogP contribution in [0.2, 0.25) is 0 Å². The van der Waals surface area contributed by atoms with E-state index in [-0.39, 0.29) is 30.3 Å². The lowest BCUT2D eigenvalue weighted by molar-refractivity contribution is -0.135. The third-order valence-electron chi connectivity index (χ3n) is 3.28. The van der Waals surface area contributed by atoms with Gasteiger partial charge in [0.2, 0.25) is 11.8 Å². The second-order valence-electron chi connectivity index (χ2n) is 5.68. The van der Waals surface area contributed by atoms with Gasteiger partial charge in [-0.2, -0.15) is 0 Å². The topological polar surface area (TPSA) is 75.4 Å². The number of hydrogen-bond donors (Lipinski definition) is 2. The highest BCUT2D eigenvalue weighted by Crippen LogP contribution is 2.14. The second-order valence-corrected chi connectivity index (χ2v) is 6.71. The molecule has 1 aromatic rings. The second kappa shape index (κ2) is 8.14. The van der Waals surface area contributed by atoms with Crippen LogP contribution >= 0.6 is 11.3 Å². The van der Waals surface area contributed by atoms with E-state index in [1.165, 1.54) is 0 Å². The Morgan fingerprint density at radius 3 is 2.48 bits per heavy atom. The van der Waals surface area contributed by atoms with Crippen molar-refractivity contribution in [3.8, 4) is 0 Å². The van der Waals surface area contributed by atoms with Gasteiger partial charge < -0.3 is 16.0 Å². The minimum atomic E-state index is -0.581. The highest BCUT2D eigenvalue weighted by Gasteiger charge is 2.21. The summed E-state index contributed by atoms with van der Waals surface area (Å²) in [6.07, 6.45) is 0. The molecule has 0 spiro atoms. The number of thiophene rings is 1. The molecular weight excluding hydrogens is 286 g/mol. The summed E-state index contributed by atoms with van der Waals surface area (Å²) < 4.78 is 0. The average Bonchev–Trinajstić information content (AvgIpc) is 2.93. The Kier molecular flexibility index (Phi) is 6.84. The van der Waals surface area contributed by atoms with Crippen LogP contribution in [0.25, 0.3) is 0 Å². The Morgan fingerprint density at radius 1 is 1.33 bits per heavy atom. The van der Waals surface area contributed by atoms with Crippen molar-refractivity contribution in [2.75, 3.05) is 6.54 Å². The van der Waals surface area contributed by atoms with Gasteiger partial charge in [-0.3, -0.25) is 9.59 Å². The summed E-state index contributed by atoms with van der Waals surface area (Å²) in [6.45, 7) is 8.25. The van der Waals surface area contributed by atoms with Crippen LogP contribution < -0.4 is 11.1 Å². The lowest BCUT2D eigenvalue weighted by Crippen LogP contribution is -2.48. The van der Waals surface area contributed by atoms with Gasteiger partial charge in [0.15, 0.2) is 0 Å². The Balaban J connectivity index is 2.56. The quantitative estimate of drug-likeness (QED) is 0.803. The van der Waals surface area contributed by atoms with Gasteiger partial charge in [0.05, 0.1) is 19.1 Å². The van der Waals surface area contributed by atoms with Crippen molar-refractivity contribution in [2.45, 2.75) is 46.3 Å². The van der Waals surface area contributed by atoms with Gasteiger partial charge in [0, 0.05) is 10.9 Å². The van der Waals surface area contributed by atoms with Crippen molar-refractivity contribution in [1.82, 2.24) is 10.2 Å². The molecule has 0 aliphatic heterocycles. The zero-order chi connectivity index (χ0) is 16.0. The van der Waals surface area contributed by atoms with Crippen LogP contribution in [-0.4, -0.2) is 35.3 Å². The van der Waals surface area contributed by atoms with Crippen molar-refractivity contribution in [2.24, 2.45) is 11.7 Å². The van der Waals surface area contributed by atoms with E-state index in [1.54, 1.807) is 16.2 Å². The van der Waals surface area contributed by atoms with Gasteiger partial charge >= 0.3 is 0 Å². The van der Waals surface area contributed by atoms with E-state index in [2.05, 4.69) is 5.32 Å². The maximum atomic E-state index is 12.3. The molecule has 0 radical (unpaired) electrons. The number of hydrogen-bond acceptors (Lipinski definition) is 4. The number of rotatable bonds is 7.